The molecule has 0 atom stereocenters. The SMILES string of the molecule is O=C(Nc1ccc(NC(=O)c2ccc([N+](=O)[O-])cc2Cl)cc1Cl)c1ccco1. The molecule has 0 unspecified atom stereocenters. The number of benzene rings is 2. The molecule has 142 valence electrons. The molecular formula is C18H11Cl2N3O5. The van der Waals surface area contributed by atoms with E-state index in [9.17, 15) is 19.7 Å². The van der Waals surface area contributed by atoms with Crippen molar-refractivity contribution in [2.45, 2.75) is 0 Å². The van der Waals surface area contributed by atoms with Crippen molar-refractivity contribution in [2.24, 2.45) is 0 Å². The fourth-order valence-electron chi connectivity index (χ4n) is 2.29. The Labute approximate surface area is 168 Å². The van der Waals surface area contributed by atoms with Crippen molar-refractivity contribution in [2.75, 3.05) is 10.6 Å². The molecule has 0 radical (unpaired) electrons. The topological polar surface area (TPSA) is 114 Å². The zero-order valence-corrected chi connectivity index (χ0v) is 15.5. The van der Waals surface area contributed by atoms with Crippen LogP contribution >= 0.6 is 23.2 Å². The Hall–Kier alpha value is -3.36. The van der Waals surface area contributed by atoms with E-state index in [-0.39, 0.29) is 27.1 Å². The molecule has 0 spiro atoms. The van der Waals surface area contributed by atoms with E-state index in [1.54, 1.807) is 6.07 Å². The second-order valence-electron chi connectivity index (χ2n) is 5.50. The minimum Gasteiger partial charge on any atom is -0.459 e. The maximum Gasteiger partial charge on any atom is 0.291 e. The van der Waals surface area contributed by atoms with Gasteiger partial charge in [-0.2, -0.15) is 0 Å². The molecule has 0 aliphatic heterocycles. The van der Waals surface area contributed by atoms with Crippen LogP contribution in [0.5, 0.6) is 0 Å². The van der Waals surface area contributed by atoms with Gasteiger partial charge in [-0.15, -0.1) is 0 Å². The largest absolute Gasteiger partial charge is 0.459 e. The van der Waals surface area contributed by atoms with Crippen molar-refractivity contribution in [3.63, 3.8) is 0 Å². The van der Waals surface area contributed by atoms with E-state index >= 15 is 0 Å². The highest BCUT2D eigenvalue weighted by atomic mass is 35.5. The number of amides is 2. The predicted octanol–water partition coefficient (Wildman–Crippen LogP) is 5.00. The number of furan rings is 1. The Morgan fingerprint density at radius 2 is 1.75 bits per heavy atom. The summed E-state index contributed by atoms with van der Waals surface area (Å²) in [4.78, 5) is 34.5. The highest BCUT2D eigenvalue weighted by Gasteiger charge is 2.16. The maximum absolute atomic E-state index is 12.4. The third kappa shape index (κ3) is 4.30. The van der Waals surface area contributed by atoms with E-state index in [0.29, 0.717) is 11.4 Å². The molecule has 10 heteroatoms. The van der Waals surface area contributed by atoms with Crippen LogP contribution in [0.4, 0.5) is 17.1 Å². The minimum absolute atomic E-state index is 0.0554. The van der Waals surface area contributed by atoms with Gasteiger partial charge in [0.1, 0.15) is 0 Å². The van der Waals surface area contributed by atoms with Crippen LogP contribution in [0.25, 0.3) is 0 Å². The fourth-order valence-corrected chi connectivity index (χ4v) is 2.77. The number of nitro groups is 1. The lowest BCUT2D eigenvalue weighted by molar-refractivity contribution is -0.384. The molecule has 0 saturated carbocycles. The summed E-state index contributed by atoms with van der Waals surface area (Å²) in [7, 11) is 0. The molecule has 8 nitrogen and oxygen atoms in total. The van der Waals surface area contributed by atoms with Crippen molar-refractivity contribution in [3.05, 3.63) is 86.3 Å². The lowest BCUT2D eigenvalue weighted by Gasteiger charge is -2.10. The first-order valence-electron chi connectivity index (χ1n) is 7.75. The van der Waals surface area contributed by atoms with E-state index in [2.05, 4.69) is 10.6 Å². The summed E-state index contributed by atoms with van der Waals surface area (Å²) < 4.78 is 5.00. The quantitative estimate of drug-likeness (QED) is 0.445. The van der Waals surface area contributed by atoms with Crippen molar-refractivity contribution < 1.29 is 18.9 Å². The van der Waals surface area contributed by atoms with Gasteiger partial charge in [0.2, 0.25) is 0 Å². The number of carbonyl (C=O) groups is 2. The average Bonchev–Trinajstić information content (AvgIpc) is 3.18. The van der Waals surface area contributed by atoms with Gasteiger partial charge in [0.25, 0.3) is 17.5 Å². The van der Waals surface area contributed by atoms with Gasteiger partial charge >= 0.3 is 0 Å². The van der Waals surface area contributed by atoms with Crippen LogP contribution in [0.3, 0.4) is 0 Å². The third-order valence-electron chi connectivity index (χ3n) is 3.63. The lowest BCUT2D eigenvalue weighted by Crippen LogP contribution is -2.13. The molecule has 0 fully saturated rings. The molecule has 2 N–H and O–H groups in total. The van der Waals surface area contributed by atoms with E-state index in [0.717, 1.165) is 6.07 Å². The van der Waals surface area contributed by atoms with E-state index in [1.165, 1.54) is 42.7 Å². The van der Waals surface area contributed by atoms with Crippen LogP contribution in [0, 0.1) is 10.1 Å². The predicted molar refractivity (Wildman–Crippen MR) is 104 cm³/mol. The average molecular weight is 420 g/mol. The van der Waals surface area contributed by atoms with Gasteiger partial charge in [-0.25, -0.2) is 0 Å². The highest BCUT2D eigenvalue weighted by Crippen LogP contribution is 2.28. The van der Waals surface area contributed by atoms with Gasteiger partial charge in [-0.3, -0.25) is 19.7 Å². The van der Waals surface area contributed by atoms with Crippen molar-refractivity contribution >= 4 is 52.1 Å². The molecule has 1 heterocycles. The van der Waals surface area contributed by atoms with Crippen LogP contribution in [-0.2, 0) is 0 Å². The zero-order chi connectivity index (χ0) is 20.3. The monoisotopic (exact) mass is 419 g/mol. The summed E-state index contributed by atoms with van der Waals surface area (Å²) >= 11 is 12.1. The number of hydrogen-bond donors (Lipinski definition) is 2. The highest BCUT2D eigenvalue weighted by molar-refractivity contribution is 6.35. The van der Waals surface area contributed by atoms with Gasteiger partial charge in [0.15, 0.2) is 5.76 Å². The number of nitrogens with one attached hydrogen (secondary N) is 2. The van der Waals surface area contributed by atoms with Gasteiger partial charge < -0.3 is 15.1 Å². The summed E-state index contributed by atoms with van der Waals surface area (Å²) in [5, 5.41) is 16.1. The number of halogens is 2. The Balaban J connectivity index is 1.73. The summed E-state index contributed by atoms with van der Waals surface area (Å²) in [5.74, 6) is -0.911. The molecule has 28 heavy (non-hydrogen) atoms. The van der Waals surface area contributed by atoms with Gasteiger partial charge in [-0.05, 0) is 36.4 Å². The number of non-ortho nitro benzene ring substituents is 1. The smallest absolute Gasteiger partial charge is 0.291 e. The Morgan fingerprint density at radius 3 is 2.36 bits per heavy atom. The number of nitro benzene ring substituents is 1. The van der Waals surface area contributed by atoms with Crippen molar-refractivity contribution in [1.29, 1.82) is 0 Å². The first-order chi connectivity index (χ1) is 13.3. The normalized spacial score (nSPS) is 10.4. The first kappa shape index (κ1) is 19.4. The zero-order valence-electron chi connectivity index (χ0n) is 13.9. The standard InChI is InChI=1S/C18H11Cl2N3O5/c19-13-9-11(23(26)27)4-5-12(13)17(24)21-10-3-6-15(14(20)8-10)22-18(25)16-2-1-7-28-16/h1-9H,(H,21,24)(H,22,25). The van der Waals surface area contributed by atoms with Crippen molar-refractivity contribution in [1.82, 2.24) is 0 Å². The van der Waals surface area contributed by atoms with Crippen LogP contribution in [-0.4, -0.2) is 16.7 Å². The van der Waals surface area contributed by atoms with Gasteiger partial charge in [0.05, 0.1) is 32.5 Å². The third-order valence-corrected chi connectivity index (χ3v) is 4.25. The second-order valence-corrected chi connectivity index (χ2v) is 6.32. The summed E-state index contributed by atoms with van der Waals surface area (Å²) in [6, 6.07) is 11.1. The first-order valence-corrected chi connectivity index (χ1v) is 8.50. The number of carbonyl (C=O) groups excluding carboxylic acids is 2. The van der Waals surface area contributed by atoms with Crippen molar-refractivity contribution in [3.8, 4) is 0 Å². The number of nitrogens with zero attached hydrogens (tertiary/aromatic N) is 1. The second kappa shape index (κ2) is 8.12. The van der Waals surface area contributed by atoms with Gasteiger partial charge in [-0.1, -0.05) is 23.2 Å². The lowest BCUT2D eigenvalue weighted by atomic mass is 10.2. The van der Waals surface area contributed by atoms with Crippen LogP contribution in [0.2, 0.25) is 10.0 Å². The van der Waals surface area contributed by atoms with Crippen LogP contribution < -0.4 is 10.6 Å². The van der Waals surface area contributed by atoms with Crippen LogP contribution in [0.15, 0.2) is 59.2 Å². The molecule has 2 aromatic carbocycles. The fraction of sp³-hybridized carbons (Fsp3) is 0. The number of hydrogen-bond acceptors (Lipinski definition) is 5. The Bertz CT molecular complexity index is 1070. The molecule has 0 bridgehead atoms. The molecule has 1 aromatic heterocycles. The molecular weight excluding hydrogens is 409 g/mol. The minimum atomic E-state index is -0.608. The molecule has 2 amide bonds. The summed E-state index contributed by atoms with van der Waals surface area (Å²) in [5.41, 5.74) is 0.523. The molecule has 0 saturated heterocycles. The number of anilines is 2. The maximum atomic E-state index is 12.4. The van der Waals surface area contributed by atoms with E-state index < -0.39 is 16.7 Å². The Morgan fingerprint density at radius 1 is 0.964 bits per heavy atom. The number of rotatable bonds is 5. The van der Waals surface area contributed by atoms with Crippen LogP contribution in [0.1, 0.15) is 20.9 Å². The molecule has 3 aromatic rings. The molecule has 0 aliphatic rings. The Kier molecular flexibility index (Phi) is 5.62. The van der Waals surface area contributed by atoms with E-state index in [4.69, 9.17) is 27.6 Å². The molecule has 0 aliphatic carbocycles. The summed E-state index contributed by atoms with van der Waals surface area (Å²) in [6.07, 6.45) is 1.37. The van der Waals surface area contributed by atoms with E-state index in [1.807, 2.05) is 0 Å². The summed E-state index contributed by atoms with van der Waals surface area (Å²) in [6.45, 7) is 0. The van der Waals surface area contributed by atoms with Gasteiger partial charge in [0, 0.05) is 17.8 Å². The molecule has 3 rings (SSSR count).